The summed E-state index contributed by atoms with van der Waals surface area (Å²) in [7, 11) is 0. The van der Waals surface area contributed by atoms with Gasteiger partial charge in [0.15, 0.2) is 0 Å². The van der Waals surface area contributed by atoms with Gasteiger partial charge in [-0.15, -0.1) is 0 Å². The quantitative estimate of drug-likeness (QED) is 0.554. The van der Waals surface area contributed by atoms with Crippen LogP contribution in [0.2, 0.25) is 5.02 Å². The van der Waals surface area contributed by atoms with E-state index < -0.39 is 6.04 Å². The molecule has 0 bridgehead atoms. The Bertz CT molecular complexity index is 759. The number of anilines is 1. The molecule has 0 heterocycles. The van der Waals surface area contributed by atoms with E-state index in [1.54, 1.807) is 13.0 Å². The molecule has 1 amide bonds. The maximum atomic E-state index is 12.2. The second kappa shape index (κ2) is 8.31. The predicted molar refractivity (Wildman–Crippen MR) is 104 cm³/mol. The highest BCUT2D eigenvalue weighted by Gasteiger charge is 2.13. The van der Waals surface area contributed by atoms with Gasteiger partial charge in [-0.1, -0.05) is 39.7 Å². The number of carbonyl (C=O) groups excluding carboxylic acids is 1. The molecule has 0 saturated heterocycles. The summed E-state index contributed by atoms with van der Waals surface area (Å²) in [6.45, 7) is 5.58. The third-order valence-electron chi connectivity index (χ3n) is 3.55. The fourth-order valence-electron chi connectivity index (χ4n) is 2.08. The van der Waals surface area contributed by atoms with Crippen molar-refractivity contribution in [1.29, 1.82) is 0 Å². The van der Waals surface area contributed by atoms with Crippen LogP contribution in [0.4, 0.5) is 5.69 Å². The lowest BCUT2D eigenvalue weighted by molar-refractivity contribution is -0.121. The van der Waals surface area contributed by atoms with E-state index >= 15 is 0 Å². The van der Waals surface area contributed by atoms with Gasteiger partial charge in [-0.2, -0.15) is 5.10 Å². The Balaban J connectivity index is 1.98. The first kappa shape index (κ1) is 18.5. The average Bonchev–Trinajstić information content (AvgIpc) is 2.55. The number of rotatable bonds is 5. The molecule has 0 aliphatic rings. The predicted octanol–water partition coefficient (Wildman–Crippen LogP) is 4.75. The van der Waals surface area contributed by atoms with Crippen LogP contribution in [0.5, 0.6) is 0 Å². The van der Waals surface area contributed by atoms with Crippen molar-refractivity contribution in [3.63, 3.8) is 0 Å². The van der Waals surface area contributed by atoms with Crippen molar-refractivity contribution < 1.29 is 4.79 Å². The van der Waals surface area contributed by atoms with Crippen LogP contribution < -0.4 is 10.7 Å². The molecule has 2 aromatic rings. The molecule has 0 spiro atoms. The molecular formula is C18H19BrClN3O. The molecule has 0 saturated carbocycles. The minimum Gasteiger partial charge on any atom is -0.374 e. The minimum absolute atomic E-state index is 0.208. The van der Waals surface area contributed by atoms with Crippen LogP contribution in [0.3, 0.4) is 0 Å². The summed E-state index contributed by atoms with van der Waals surface area (Å²) in [4.78, 5) is 12.2. The van der Waals surface area contributed by atoms with Gasteiger partial charge in [-0.05, 0) is 62.2 Å². The molecule has 6 heteroatoms. The maximum Gasteiger partial charge on any atom is 0.262 e. The molecule has 126 valence electrons. The first-order valence-electron chi connectivity index (χ1n) is 7.49. The Morgan fingerprint density at radius 2 is 1.88 bits per heavy atom. The third-order valence-corrected chi connectivity index (χ3v) is 4.31. The number of nitrogens with zero attached hydrogens (tertiary/aromatic N) is 1. The van der Waals surface area contributed by atoms with Crippen LogP contribution in [0, 0.1) is 6.92 Å². The molecule has 2 aromatic carbocycles. The molecule has 4 nitrogen and oxygen atoms in total. The summed E-state index contributed by atoms with van der Waals surface area (Å²) < 4.78 is 0.999. The van der Waals surface area contributed by atoms with Crippen molar-refractivity contribution in [2.75, 3.05) is 5.32 Å². The van der Waals surface area contributed by atoms with E-state index in [2.05, 4.69) is 31.8 Å². The number of carbonyl (C=O) groups is 1. The summed E-state index contributed by atoms with van der Waals surface area (Å²) in [6, 6.07) is 12.8. The first-order valence-corrected chi connectivity index (χ1v) is 8.66. The molecular weight excluding hydrogens is 390 g/mol. The average molecular weight is 409 g/mol. The molecule has 24 heavy (non-hydrogen) atoms. The molecule has 0 aliphatic carbocycles. The molecule has 2 rings (SSSR count). The lowest BCUT2D eigenvalue weighted by Gasteiger charge is -2.16. The monoisotopic (exact) mass is 407 g/mol. The zero-order valence-corrected chi connectivity index (χ0v) is 16.1. The van der Waals surface area contributed by atoms with Gasteiger partial charge in [0.1, 0.15) is 6.04 Å². The Labute approximate surface area is 155 Å². The number of hydrogen-bond donors (Lipinski definition) is 2. The van der Waals surface area contributed by atoms with Crippen LogP contribution in [-0.2, 0) is 4.79 Å². The Morgan fingerprint density at radius 1 is 1.21 bits per heavy atom. The van der Waals surface area contributed by atoms with Crippen LogP contribution in [0.25, 0.3) is 0 Å². The summed E-state index contributed by atoms with van der Waals surface area (Å²) in [5.74, 6) is -0.208. The van der Waals surface area contributed by atoms with Crippen molar-refractivity contribution in [2.24, 2.45) is 5.10 Å². The van der Waals surface area contributed by atoms with Crippen molar-refractivity contribution in [1.82, 2.24) is 5.43 Å². The molecule has 0 aliphatic heterocycles. The summed E-state index contributed by atoms with van der Waals surface area (Å²) >= 11 is 9.33. The van der Waals surface area contributed by atoms with E-state index in [0.717, 1.165) is 27.0 Å². The number of nitrogens with one attached hydrogen (secondary N) is 2. The molecule has 0 radical (unpaired) electrons. The zero-order chi connectivity index (χ0) is 17.7. The second-order valence-electron chi connectivity index (χ2n) is 5.51. The van der Waals surface area contributed by atoms with Gasteiger partial charge in [0.25, 0.3) is 5.91 Å². The molecule has 1 atom stereocenters. The Morgan fingerprint density at radius 3 is 2.50 bits per heavy atom. The number of hydrazone groups is 1. The molecule has 0 aromatic heterocycles. The van der Waals surface area contributed by atoms with Gasteiger partial charge < -0.3 is 5.32 Å². The van der Waals surface area contributed by atoms with E-state index in [9.17, 15) is 4.79 Å². The number of aryl methyl sites for hydroxylation is 1. The van der Waals surface area contributed by atoms with Crippen molar-refractivity contribution in [3.8, 4) is 0 Å². The standard InChI is InChI=1S/C18H19BrClN3O/c1-11-10-16(20)8-9-17(11)21-13(3)18(24)23-22-12(2)14-4-6-15(19)7-5-14/h4-10,13,21H,1-3H3,(H,23,24)/b22-12+/t13-/m1/s1. The van der Waals surface area contributed by atoms with Gasteiger partial charge in [0.2, 0.25) is 0 Å². The number of amides is 1. The fourth-order valence-corrected chi connectivity index (χ4v) is 2.57. The lowest BCUT2D eigenvalue weighted by Crippen LogP contribution is -2.35. The van der Waals surface area contributed by atoms with E-state index in [4.69, 9.17) is 11.6 Å². The number of benzene rings is 2. The van der Waals surface area contributed by atoms with Crippen LogP contribution in [0.15, 0.2) is 52.0 Å². The normalized spacial score (nSPS) is 12.6. The summed E-state index contributed by atoms with van der Waals surface area (Å²) in [6.07, 6.45) is 0. The minimum atomic E-state index is -0.425. The largest absolute Gasteiger partial charge is 0.374 e. The van der Waals surface area contributed by atoms with E-state index in [-0.39, 0.29) is 5.91 Å². The first-order chi connectivity index (χ1) is 11.4. The molecule has 0 fully saturated rings. The Hall–Kier alpha value is -1.85. The lowest BCUT2D eigenvalue weighted by atomic mass is 10.1. The maximum absolute atomic E-state index is 12.2. The van der Waals surface area contributed by atoms with Crippen molar-refractivity contribution >= 4 is 44.8 Å². The number of halogens is 2. The highest BCUT2D eigenvalue weighted by Crippen LogP contribution is 2.20. The SMILES string of the molecule is C/C(=N\NC(=O)[C@@H](C)Nc1ccc(Cl)cc1C)c1ccc(Br)cc1. The van der Waals surface area contributed by atoms with Gasteiger partial charge in [0, 0.05) is 15.2 Å². The van der Waals surface area contributed by atoms with Gasteiger partial charge in [-0.25, -0.2) is 5.43 Å². The van der Waals surface area contributed by atoms with Crippen molar-refractivity contribution in [3.05, 3.63) is 63.1 Å². The van der Waals surface area contributed by atoms with Gasteiger partial charge in [0.05, 0.1) is 5.71 Å². The summed E-state index contributed by atoms with van der Waals surface area (Å²) in [5, 5.41) is 8.00. The van der Waals surface area contributed by atoms with Crippen molar-refractivity contribution in [2.45, 2.75) is 26.8 Å². The topological polar surface area (TPSA) is 53.5 Å². The highest BCUT2D eigenvalue weighted by atomic mass is 79.9. The highest BCUT2D eigenvalue weighted by molar-refractivity contribution is 9.10. The Kier molecular flexibility index (Phi) is 6.40. The smallest absolute Gasteiger partial charge is 0.262 e. The van der Waals surface area contributed by atoms with E-state index in [1.165, 1.54) is 0 Å². The van der Waals surface area contributed by atoms with Crippen LogP contribution in [-0.4, -0.2) is 17.7 Å². The summed E-state index contributed by atoms with van der Waals surface area (Å²) in [5.41, 5.74) is 6.14. The van der Waals surface area contributed by atoms with E-state index in [1.807, 2.05) is 50.2 Å². The number of hydrogen-bond acceptors (Lipinski definition) is 3. The fraction of sp³-hybridized carbons (Fsp3) is 0.222. The zero-order valence-electron chi connectivity index (χ0n) is 13.7. The second-order valence-corrected chi connectivity index (χ2v) is 6.86. The van der Waals surface area contributed by atoms with Crippen LogP contribution >= 0.6 is 27.5 Å². The van der Waals surface area contributed by atoms with Gasteiger partial charge in [-0.3, -0.25) is 4.79 Å². The third kappa shape index (κ3) is 5.08. The van der Waals surface area contributed by atoms with E-state index in [0.29, 0.717) is 5.02 Å². The molecule has 2 N–H and O–H groups in total. The van der Waals surface area contributed by atoms with Gasteiger partial charge >= 0.3 is 0 Å². The van der Waals surface area contributed by atoms with Crippen LogP contribution in [0.1, 0.15) is 25.0 Å². The molecule has 0 unspecified atom stereocenters.